The van der Waals surface area contributed by atoms with Crippen LogP contribution in [0.5, 0.6) is 0 Å². The first-order valence-corrected chi connectivity index (χ1v) is 11.1. The molecule has 10 heteroatoms. The van der Waals surface area contributed by atoms with Crippen molar-refractivity contribution in [2.75, 3.05) is 32.6 Å². The number of methoxy groups -OCH3 is 1. The van der Waals surface area contributed by atoms with Crippen molar-refractivity contribution in [2.24, 2.45) is 21.2 Å². The number of amidine groups is 1. The van der Waals surface area contributed by atoms with Crippen molar-refractivity contribution in [3.8, 4) is 0 Å². The number of anilines is 2. The molecule has 0 fully saturated rings. The van der Waals surface area contributed by atoms with Crippen molar-refractivity contribution in [1.82, 2.24) is 10.3 Å². The zero-order chi connectivity index (χ0) is 23.2. The van der Waals surface area contributed by atoms with Crippen LogP contribution in [0.15, 0.2) is 69.2 Å². The molecule has 1 amide bonds. The fourth-order valence-electron chi connectivity index (χ4n) is 3.47. The molecular formula is C23H23N7O2S. The lowest BCUT2D eigenvalue weighted by Gasteiger charge is -2.11. The highest BCUT2D eigenvalue weighted by Crippen LogP contribution is 2.35. The van der Waals surface area contributed by atoms with Gasteiger partial charge in [0.15, 0.2) is 5.84 Å². The number of rotatable bonds is 7. The number of nitrogens with one attached hydrogen (secondary N) is 2. The van der Waals surface area contributed by atoms with Crippen LogP contribution < -0.4 is 16.5 Å². The molecule has 9 nitrogen and oxygen atoms in total. The second kappa shape index (κ2) is 10.2. The van der Waals surface area contributed by atoms with Gasteiger partial charge in [-0.2, -0.15) is 0 Å². The summed E-state index contributed by atoms with van der Waals surface area (Å²) in [6.45, 7) is 0.907. The first-order chi connectivity index (χ1) is 16.1. The summed E-state index contributed by atoms with van der Waals surface area (Å²) in [6, 6.07) is 15.2. The predicted octanol–water partition coefficient (Wildman–Crippen LogP) is 4.27. The largest absolute Gasteiger partial charge is 0.383 e. The van der Waals surface area contributed by atoms with Crippen molar-refractivity contribution in [2.45, 2.75) is 0 Å². The Morgan fingerprint density at radius 1 is 1.15 bits per heavy atom. The lowest BCUT2D eigenvalue weighted by Crippen LogP contribution is -2.26. The lowest BCUT2D eigenvalue weighted by atomic mass is 10.1. The summed E-state index contributed by atoms with van der Waals surface area (Å²) in [4.78, 5) is 21.4. The van der Waals surface area contributed by atoms with Crippen LogP contribution in [0.1, 0.15) is 15.9 Å². The lowest BCUT2D eigenvalue weighted by molar-refractivity contribution is 0.0937. The van der Waals surface area contributed by atoms with Gasteiger partial charge in [-0.25, -0.2) is 4.98 Å². The molecule has 4 aromatic rings. The van der Waals surface area contributed by atoms with Gasteiger partial charge in [0, 0.05) is 53.0 Å². The normalized spacial score (nSPS) is 12.0. The third-order valence-electron chi connectivity index (χ3n) is 5.00. The highest BCUT2D eigenvalue weighted by Gasteiger charge is 2.13. The Morgan fingerprint density at radius 3 is 2.82 bits per heavy atom. The van der Waals surface area contributed by atoms with E-state index < -0.39 is 0 Å². The third kappa shape index (κ3) is 4.81. The summed E-state index contributed by atoms with van der Waals surface area (Å²) in [5, 5.41) is 17.5. The maximum absolute atomic E-state index is 12.4. The number of amides is 1. The Morgan fingerprint density at radius 2 is 2.03 bits per heavy atom. The summed E-state index contributed by atoms with van der Waals surface area (Å²) >= 11 is 1.64. The zero-order valence-electron chi connectivity index (χ0n) is 18.2. The molecule has 0 bridgehead atoms. The molecule has 0 aliphatic rings. The minimum absolute atomic E-state index is 0.159. The molecule has 0 atom stereocenters. The Balaban J connectivity index is 1.71. The van der Waals surface area contributed by atoms with Gasteiger partial charge >= 0.3 is 0 Å². The molecule has 0 unspecified atom stereocenters. The van der Waals surface area contributed by atoms with Crippen molar-refractivity contribution in [3.05, 3.63) is 65.0 Å². The predicted molar refractivity (Wildman–Crippen MR) is 133 cm³/mol. The number of aromatic nitrogens is 1. The van der Waals surface area contributed by atoms with E-state index in [0.717, 1.165) is 32.2 Å². The molecule has 4 rings (SSSR count). The Kier molecular flexibility index (Phi) is 6.86. The molecule has 4 N–H and O–H groups in total. The molecule has 0 radical (unpaired) electrons. The molecule has 33 heavy (non-hydrogen) atoms. The van der Waals surface area contributed by atoms with Crippen LogP contribution in [0.2, 0.25) is 0 Å². The van der Waals surface area contributed by atoms with Crippen LogP contribution in [0.4, 0.5) is 11.5 Å². The molecule has 168 valence electrons. The van der Waals surface area contributed by atoms with Crippen LogP contribution in [-0.2, 0) is 4.74 Å². The summed E-state index contributed by atoms with van der Waals surface area (Å²) in [6.07, 6.45) is 0. The highest BCUT2D eigenvalue weighted by atomic mass is 32.1. The fraction of sp³-hybridized carbons (Fsp3) is 0.174. The molecule has 2 aromatic heterocycles. The fourth-order valence-corrected chi connectivity index (χ4v) is 4.40. The number of carbonyl (C=O) groups excluding carboxylic acids is 1. The number of ether oxygens (including phenoxy) is 1. The maximum Gasteiger partial charge on any atom is 0.251 e. The minimum atomic E-state index is -0.159. The van der Waals surface area contributed by atoms with Gasteiger partial charge in [0.2, 0.25) is 0 Å². The van der Waals surface area contributed by atoms with E-state index in [0.29, 0.717) is 30.4 Å². The molecular weight excluding hydrogens is 438 g/mol. The number of hydrogen-bond acceptors (Lipinski definition) is 7. The van der Waals surface area contributed by atoms with Gasteiger partial charge in [-0.3, -0.25) is 9.79 Å². The van der Waals surface area contributed by atoms with Crippen LogP contribution in [-0.4, -0.2) is 44.0 Å². The standard InChI is InChI=1S/C23H23N7O2S/c1-25-21(29-30-24)14-6-7-17-19(13-14)28-22(18-8-11-33-20(17)18)27-16-5-3-4-15(12-16)23(31)26-9-10-32-2/h3-8,11-13H,9-10H2,1-2H3,(H,26,31)(H,27,28)(H2,24,25,29). The van der Waals surface area contributed by atoms with Gasteiger partial charge in [-0.1, -0.05) is 23.4 Å². The van der Waals surface area contributed by atoms with E-state index in [1.807, 2.05) is 41.8 Å². The first kappa shape index (κ1) is 22.3. The molecule has 2 heterocycles. The number of nitrogens with zero attached hydrogens (tertiary/aromatic N) is 4. The number of thiophene rings is 1. The SMILES string of the molecule is CN=C(N=NN)c1ccc2c(c1)nc(Nc1cccc(C(=O)NCCOC)c1)c1ccsc12. The van der Waals surface area contributed by atoms with Crippen molar-refractivity contribution >= 4 is 55.6 Å². The van der Waals surface area contributed by atoms with Gasteiger partial charge < -0.3 is 21.2 Å². The Hall–Kier alpha value is -3.89. The van der Waals surface area contributed by atoms with Gasteiger partial charge in [-0.05, 0) is 35.7 Å². The third-order valence-corrected chi connectivity index (χ3v) is 5.94. The van der Waals surface area contributed by atoms with Crippen molar-refractivity contribution < 1.29 is 9.53 Å². The highest BCUT2D eigenvalue weighted by molar-refractivity contribution is 7.18. The van der Waals surface area contributed by atoms with Crippen LogP contribution >= 0.6 is 11.3 Å². The molecule has 0 spiro atoms. The average molecular weight is 462 g/mol. The summed E-state index contributed by atoms with van der Waals surface area (Å²) in [7, 11) is 3.23. The van der Waals surface area contributed by atoms with E-state index in [-0.39, 0.29) is 5.91 Å². The average Bonchev–Trinajstić information content (AvgIpc) is 3.33. The number of carbonyl (C=O) groups is 1. The quantitative estimate of drug-likeness (QED) is 0.0946. The van der Waals surface area contributed by atoms with Gasteiger partial charge in [0.05, 0.1) is 12.1 Å². The zero-order valence-corrected chi connectivity index (χ0v) is 19.0. The minimum Gasteiger partial charge on any atom is -0.383 e. The molecule has 0 saturated carbocycles. The topological polar surface area (TPSA) is 126 Å². The number of benzene rings is 2. The monoisotopic (exact) mass is 461 g/mol. The van der Waals surface area contributed by atoms with Crippen LogP contribution in [0.25, 0.3) is 21.0 Å². The second-order valence-corrected chi connectivity index (χ2v) is 7.99. The summed E-state index contributed by atoms with van der Waals surface area (Å²) in [5.74, 6) is 6.18. The first-order valence-electron chi connectivity index (χ1n) is 10.2. The number of hydrogen-bond donors (Lipinski definition) is 3. The van der Waals surface area contributed by atoms with Crippen LogP contribution in [0.3, 0.4) is 0 Å². The molecule has 0 saturated heterocycles. The maximum atomic E-state index is 12.4. The van der Waals surface area contributed by atoms with Crippen molar-refractivity contribution in [1.29, 1.82) is 0 Å². The summed E-state index contributed by atoms with van der Waals surface area (Å²) in [5.41, 5.74) is 2.87. The number of nitrogens with two attached hydrogens (primary N) is 1. The van der Waals surface area contributed by atoms with E-state index in [2.05, 4.69) is 26.0 Å². The van der Waals surface area contributed by atoms with Crippen LogP contribution in [0, 0.1) is 0 Å². The number of fused-ring (bicyclic) bond motifs is 3. The van der Waals surface area contributed by atoms with E-state index >= 15 is 0 Å². The van der Waals surface area contributed by atoms with Crippen molar-refractivity contribution in [3.63, 3.8) is 0 Å². The second-order valence-electron chi connectivity index (χ2n) is 7.07. The molecule has 2 aromatic carbocycles. The number of aliphatic imine (C=N–C) groups is 1. The smallest absolute Gasteiger partial charge is 0.251 e. The summed E-state index contributed by atoms with van der Waals surface area (Å²) < 4.78 is 6.09. The Bertz CT molecular complexity index is 1360. The molecule has 0 aliphatic carbocycles. The number of pyridine rings is 1. The molecule has 0 aliphatic heterocycles. The van der Waals surface area contributed by atoms with E-state index in [1.165, 1.54) is 0 Å². The van der Waals surface area contributed by atoms with Gasteiger partial charge in [-0.15, -0.1) is 16.5 Å². The van der Waals surface area contributed by atoms with E-state index in [9.17, 15) is 4.79 Å². The van der Waals surface area contributed by atoms with E-state index in [4.69, 9.17) is 15.6 Å². The van der Waals surface area contributed by atoms with Gasteiger partial charge in [0.1, 0.15) is 5.82 Å². The van der Waals surface area contributed by atoms with Gasteiger partial charge in [0.25, 0.3) is 5.91 Å². The Labute approximate surface area is 194 Å². The van der Waals surface area contributed by atoms with E-state index in [1.54, 1.807) is 37.6 Å².